The van der Waals surface area contributed by atoms with Crippen molar-refractivity contribution in [2.45, 2.75) is 49.3 Å². The molecule has 6 rings (SSSR count). The Balaban J connectivity index is 1.22. The van der Waals surface area contributed by atoms with Gasteiger partial charge in [0, 0.05) is 34.6 Å². The Hall–Kier alpha value is -1.01. The lowest BCUT2D eigenvalue weighted by atomic mass is 9.49. The van der Waals surface area contributed by atoms with Gasteiger partial charge in [-0.3, -0.25) is 9.59 Å². The average molecular weight is 477 g/mol. The summed E-state index contributed by atoms with van der Waals surface area (Å²) in [5.74, 6) is 3.88. The number of carbonyl (C=O) groups excluding carboxylic acids is 2. The van der Waals surface area contributed by atoms with Gasteiger partial charge in [0.05, 0.1) is 11.8 Å². The molecule has 1 heterocycles. The van der Waals surface area contributed by atoms with Crippen LogP contribution in [0.2, 0.25) is 0 Å². The number of anilines is 1. The van der Waals surface area contributed by atoms with Crippen LogP contribution in [-0.4, -0.2) is 45.6 Å². The number of nitrogens with one attached hydrogen (secondary N) is 1. The largest absolute Gasteiger partial charge is 0.341 e. The van der Waals surface area contributed by atoms with Crippen molar-refractivity contribution in [3.05, 3.63) is 29.8 Å². The van der Waals surface area contributed by atoms with Gasteiger partial charge in [-0.2, -0.15) is 11.8 Å². The molecule has 5 aliphatic rings. The first kappa shape index (κ1) is 19.9. The number of carbonyl (C=O) groups is 2. The minimum absolute atomic E-state index is 0.186. The maximum Gasteiger partial charge on any atom is 0.230 e. The predicted molar refractivity (Wildman–Crippen MR) is 121 cm³/mol. The molecule has 0 radical (unpaired) electrons. The molecule has 2 unspecified atom stereocenters. The highest BCUT2D eigenvalue weighted by Gasteiger charge is 2.59. The maximum atomic E-state index is 13.3. The first-order chi connectivity index (χ1) is 13.9. The number of alkyl halides is 1. The summed E-state index contributed by atoms with van der Waals surface area (Å²) in [6, 6.07) is 7.88. The highest BCUT2D eigenvalue weighted by molar-refractivity contribution is 9.10. The second-order valence-electron chi connectivity index (χ2n) is 9.71. The van der Waals surface area contributed by atoms with Gasteiger partial charge in [0.25, 0.3) is 0 Å². The molecule has 1 saturated heterocycles. The van der Waals surface area contributed by atoms with E-state index in [1.54, 1.807) is 0 Å². The molecule has 1 N–H and O–H groups in total. The molecule has 6 heteroatoms. The van der Waals surface area contributed by atoms with Crippen LogP contribution in [-0.2, 0) is 16.0 Å². The fraction of sp³-hybridized carbons (Fsp3) is 0.652. The average Bonchev–Trinajstić information content (AvgIpc) is 2.68. The molecular formula is C23H29BrN2O2S. The van der Waals surface area contributed by atoms with Crippen LogP contribution in [0.5, 0.6) is 0 Å². The Labute approximate surface area is 185 Å². The fourth-order valence-corrected chi connectivity index (χ4v) is 8.84. The van der Waals surface area contributed by atoms with E-state index in [4.69, 9.17) is 0 Å². The van der Waals surface area contributed by atoms with Crippen LogP contribution < -0.4 is 5.32 Å². The van der Waals surface area contributed by atoms with Crippen molar-refractivity contribution in [1.29, 1.82) is 0 Å². The lowest BCUT2D eigenvalue weighted by Crippen LogP contribution is -2.57. The van der Waals surface area contributed by atoms with Gasteiger partial charge in [0.1, 0.15) is 0 Å². The Morgan fingerprint density at radius 3 is 2.34 bits per heavy atom. The van der Waals surface area contributed by atoms with E-state index in [0.717, 1.165) is 55.1 Å². The molecule has 4 bridgehead atoms. The van der Waals surface area contributed by atoms with Gasteiger partial charge in [-0.25, -0.2) is 0 Å². The molecule has 4 aliphatic carbocycles. The van der Waals surface area contributed by atoms with E-state index in [-0.39, 0.29) is 21.6 Å². The summed E-state index contributed by atoms with van der Waals surface area (Å²) >= 11 is 5.91. The van der Waals surface area contributed by atoms with E-state index in [1.807, 2.05) is 40.9 Å². The normalized spacial score (nSPS) is 35.6. The molecule has 1 aromatic rings. The van der Waals surface area contributed by atoms with Crippen molar-refractivity contribution in [2.75, 3.05) is 29.9 Å². The Kier molecular flexibility index (Phi) is 5.22. The van der Waals surface area contributed by atoms with Gasteiger partial charge in [-0.15, -0.1) is 0 Å². The number of halogens is 1. The van der Waals surface area contributed by atoms with Gasteiger partial charge in [0.15, 0.2) is 0 Å². The fourth-order valence-electron chi connectivity index (χ4n) is 6.49. The molecule has 4 saturated carbocycles. The van der Waals surface area contributed by atoms with Crippen molar-refractivity contribution in [3.8, 4) is 0 Å². The third-order valence-corrected chi connectivity index (χ3v) is 9.27. The summed E-state index contributed by atoms with van der Waals surface area (Å²) in [5.41, 5.74) is 1.66. The number of amides is 2. The summed E-state index contributed by atoms with van der Waals surface area (Å²) in [6.45, 7) is 1.72. The summed E-state index contributed by atoms with van der Waals surface area (Å²) in [5, 5.41) is 3.20. The molecule has 4 nitrogen and oxygen atoms in total. The molecule has 5 fully saturated rings. The topological polar surface area (TPSA) is 49.4 Å². The summed E-state index contributed by atoms with van der Waals surface area (Å²) in [6.07, 6.45) is 7.28. The number of rotatable bonds is 4. The molecule has 2 atom stereocenters. The van der Waals surface area contributed by atoms with E-state index in [1.165, 1.54) is 19.3 Å². The van der Waals surface area contributed by atoms with Gasteiger partial charge in [-0.05, 0) is 68.1 Å². The molecular weight excluding hydrogens is 448 g/mol. The summed E-state index contributed by atoms with van der Waals surface area (Å²) < 4.78 is 0.186. The molecule has 0 aromatic heterocycles. The van der Waals surface area contributed by atoms with Crippen LogP contribution in [0.1, 0.15) is 44.1 Å². The van der Waals surface area contributed by atoms with Crippen molar-refractivity contribution < 1.29 is 9.59 Å². The van der Waals surface area contributed by atoms with Gasteiger partial charge < -0.3 is 10.2 Å². The molecule has 1 aliphatic heterocycles. The van der Waals surface area contributed by atoms with Crippen molar-refractivity contribution in [3.63, 3.8) is 0 Å². The smallest absolute Gasteiger partial charge is 0.230 e. The second-order valence-corrected chi connectivity index (χ2v) is 12.6. The number of hydrogen-bond donors (Lipinski definition) is 1. The summed E-state index contributed by atoms with van der Waals surface area (Å²) in [4.78, 5) is 27.7. The van der Waals surface area contributed by atoms with E-state index < -0.39 is 0 Å². The highest BCUT2D eigenvalue weighted by atomic mass is 79.9. The second kappa shape index (κ2) is 7.60. The Morgan fingerprint density at radius 2 is 1.72 bits per heavy atom. The minimum atomic E-state index is -0.200. The van der Waals surface area contributed by atoms with Gasteiger partial charge in [-0.1, -0.05) is 28.1 Å². The van der Waals surface area contributed by atoms with Crippen LogP contribution in [0.3, 0.4) is 0 Å². The molecule has 156 valence electrons. The molecule has 2 amide bonds. The lowest BCUT2D eigenvalue weighted by Gasteiger charge is -2.59. The standard InChI is InChI=1S/C23H29BrN2O2S/c24-23-13-17-9-18(14-23)12-22(11-17,15-23)21(28)25-19-3-1-16(2-4-19)10-20(27)26-5-7-29-8-6-26/h1-4,17-18H,5-15H2,(H,25,28). The van der Waals surface area contributed by atoms with Crippen LogP contribution in [0, 0.1) is 17.3 Å². The zero-order valence-electron chi connectivity index (χ0n) is 16.8. The molecule has 0 spiro atoms. The van der Waals surface area contributed by atoms with Crippen LogP contribution in [0.25, 0.3) is 0 Å². The van der Waals surface area contributed by atoms with Crippen molar-refractivity contribution in [2.24, 2.45) is 17.3 Å². The van der Waals surface area contributed by atoms with Crippen LogP contribution in [0.4, 0.5) is 5.69 Å². The molecule has 1 aromatic carbocycles. The lowest BCUT2D eigenvalue weighted by molar-refractivity contribution is -0.138. The van der Waals surface area contributed by atoms with Crippen LogP contribution >= 0.6 is 27.7 Å². The van der Waals surface area contributed by atoms with Gasteiger partial charge >= 0.3 is 0 Å². The Bertz CT molecular complexity index is 792. The zero-order chi connectivity index (χ0) is 20.1. The third-order valence-electron chi connectivity index (χ3n) is 7.40. The predicted octanol–water partition coefficient (Wildman–Crippen LogP) is 4.48. The van der Waals surface area contributed by atoms with Crippen LogP contribution in [0.15, 0.2) is 24.3 Å². The maximum absolute atomic E-state index is 13.3. The highest BCUT2D eigenvalue weighted by Crippen LogP contribution is 2.64. The van der Waals surface area contributed by atoms with Crippen molar-refractivity contribution >= 4 is 45.2 Å². The van der Waals surface area contributed by atoms with E-state index in [9.17, 15) is 9.59 Å². The number of hydrogen-bond acceptors (Lipinski definition) is 3. The zero-order valence-corrected chi connectivity index (χ0v) is 19.2. The number of thioether (sulfide) groups is 1. The minimum Gasteiger partial charge on any atom is -0.341 e. The number of nitrogens with zero attached hydrogens (tertiary/aromatic N) is 1. The Morgan fingerprint density at radius 1 is 1.07 bits per heavy atom. The van der Waals surface area contributed by atoms with E-state index in [0.29, 0.717) is 18.3 Å². The first-order valence-corrected chi connectivity index (χ1v) is 12.8. The molecule has 29 heavy (non-hydrogen) atoms. The van der Waals surface area contributed by atoms with Crippen molar-refractivity contribution in [1.82, 2.24) is 4.90 Å². The summed E-state index contributed by atoms with van der Waals surface area (Å²) in [7, 11) is 0. The monoisotopic (exact) mass is 476 g/mol. The third kappa shape index (κ3) is 3.99. The number of benzene rings is 1. The van der Waals surface area contributed by atoms with E-state index >= 15 is 0 Å². The van der Waals surface area contributed by atoms with Gasteiger partial charge in [0.2, 0.25) is 11.8 Å². The van der Waals surface area contributed by atoms with E-state index in [2.05, 4.69) is 21.2 Å². The quantitative estimate of drug-likeness (QED) is 0.651. The SMILES string of the molecule is O=C(Cc1ccc(NC(=O)C23CC4CC(CC(Br)(C4)C2)C3)cc1)N1CCSCC1. The first-order valence-electron chi connectivity index (χ1n) is 10.9.